The highest BCUT2D eigenvalue weighted by Gasteiger charge is 2.77. The second-order valence-electron chi connectivity index (χ2n) is 6.13. The van der Waals surface area contributed by atoms with Crippen molar-refractivity contribution in [2.45, 2.75) is 34.8 Å². The summed E-state index contributed by atoms with van der Waals surface area (Å²) >= 11 is 25.9. The van der Waals surface area contributed by atoms with E-state index in [1.165, 1.54) is 0 Å². The molecule has 100 valence electrons. The standard InChI is InChI=1S/C12H12Cl4O2/c13-9-10(14)12(16)2-11(9,15)5-3-1-4(6(5)12)8(18)7(3)17/h3-8,17-18H,1-2H2/t3-,4+,5-,6+,7+,8-,11-,12-/m1/s1. The Morgan fingerprint density at radius 3 is 1.67 bits per heavy atom. The normalized spacial score (nSPS) is 65.0. The fraction of sp³-hybridized carbons (Fsp3) is 0.833. The number of alkyl halides is 2. The van der Waals surface area contributed by atoms with E-state index in [1.54, 1.807) is 0 Å². The van der Waals surface area contributed by atoms with Gasteiger partial charge in [-0.25, -0.2) is 0 Å². The molecule has 0 aromatic heterocycles. The predicted molar refractivity (Wildman–Crippen MR) is 71.1 cm³/mol. The van der Waals surface area contributed by atoms with Crippen LogP contribution in [0.15, 0.2) is 10.1 Å². The van der Waals surface area contributed by atoms with E-state index in [0.717, 1.165) is 6.42 Å². The summed E-state index contributed by atoms with van der Waals surface area (Å²) in [6, 6.07) is 0. The maximum Gasteiger partial charge on any atom is 0.0868 e. The van der Waals surface area contributed by atoms with E-state index >= 15 is 0 Å². The minimum absolute atomic E-state index is 0.0216. The summed E-state index contributed by atoms with van der Waals surface area (Å²) in [6.07, 6.45) is -0.165. The minimum atomic E-state index is -0.744. The molecule has 0 radical (unpaired) electrons. The number of hydrogen-bond donors (Lipinski definition) is 2. The summed E-state index contributed by atoms with van der Waals surface area (Å²) in [5.74, 6) is 0.00316. The lowest BCUT2D eigenvalue weighted by Gasteiger charge is -2.43. The van der Waals surface area contributed by atoms with Crippen LogP contribution < -0.4 is 0 Å². The van der Waals surface area contributed by atoms with Crippen LogP contribution >= 0.6 is 46.4 Å². The Morgan fingerprint density at radius 1 is 0.889 bits per heavy atom. The SMILES string of the molecule is O[C@@H]1[C@H](O)[C@H]2C[C@@H]1[C@@H]1[C@H]2[C@]2(Cl)C[C@]1(Cl)C(Cl)=C2Cl. The fourth-order valence-electron chi connectivity index (χ4n) is 5.02. The third-order valence-corrected chi connectivity index (χ3v) is 8.07. The van der Waals surface area contributed by atoms with Crippen molar-refractivity contribution in [1.29, 1.82) is 0 Å². The lowest BCUT2D eigenvalue weighted by molar-refractivity contribution is -0.0559. The third-order valence-electron chi connectivity index (χ3n) is 5.57. The van der Waals surface area contributed by atoms with Crippen molar-refractivity contribution in [2.75, 3.05) is 0 Å². The minimum Gasteiger partial charge on any atom is -0.390 e. The number of aliphatic hydroxyl groups excluding tert-OH is 2. The first kappa shape index (κ1) is 12.6. The molecule has 8 atom stereocenters. The molecule has 0 heterocycles. The summed E-state index contributed by atoms with van der Waals surface area (Å²) in [5.41, 5.74) is 0. The average Bonchev–Trinajstić information content (AvgIpc) is 2.95. The molecule has 0 aromatic carbocycles. The molecule has 2 nitrogen and oxygen atoms in total. The second-order valence-corrected chi connectivity index (χ2v) is 8.23. The largest absolute Gasteiger partial charge is 0.390 e. The van der Waals surface area contributed by atoms with Crippen molar-refractivity contribution >= 4 is 46.4 Å². The molecule has 0 amide bonds. The fourth-order valence-corrected chi connectivity index (χ4v) is 7.11. The molecular formula is C12H12Cl4O2. The molecule has 2 N–H and O–H groups in total. The number of halogens is 4. The number of rotatable bonds is 0. The van der Waals surface area contributed by atoms with E-state index in [2.05, 4.69) is 0 Å². The van der Waals surface area contributed by atoms with Crippen LogP contribution in [0.3, 0.4) is 0 Å². The highest BCUT2D eigenvalue weighted by Crippen LogP contribution is 2.76. The van der Waals surface area contributed by atoms with Crippen LogP contribution in [0.25, 0.3) is 0 Å². The zero-order chi connectivity index (χ0) is 13.0. The molecule has 0 spiro atoms. The van der Waals surface area contributed by atoms with Gasteiger partial charge in [-0.05, 0) is 36.5 Å². The molecule has 0 aromatic rings. The molecule has 0 saturated heterocycles. The van der Waals surface area contributed by atoms with Crippen molar-refractivity contribution in [3.63, 3.8) is 0 Å². The molecule has 4 bridgehead atoms. The quantitative estimate of drug-likeness (QED) is 0.530. The van der Waals surface area contributed by atoms with Crippen molar-refractivity contribution in [2.24, 2.45) is 23.7 Å². The van der Waals surface area contributed by atoms with Crippen molar-refractivity contribution in [1.82, 2.24) is 0 Å². The number of aliphatic hydroxyl groups is 2. The molecule has 0 aliphatic heterocycles. The summed E-state index contributed by atoms with van der Waals surface area (Å²) in [7, 11) is 0. The van der Waals surface area contributed by atoms with E-state index in [9.17, 15) is 10.2 Å². The van der Waals surface area contributed by atoms with Gasteiger partial charge in [0.15, 0.2) is 0 Å². The lowest BCUT2D eigenvalue weighted by Crippen LogP contribution is -2.50. The molecule has 4 aliphatic rings. The Morgan fingerprint density at radius 2 is 1.28 bits per heavy atom. The average molecular weight is 330 g/mol. The van der Waals surface area contributed by atoms with Crippen LogP contribution in [0.2, 0.25) is 0 Å². The van der Waals surface area contributed by atoms with Crippen LogP contribution in [0, 0.1) is 23.7 Å². The van der Waals surface area contributed by atoms with E-state index in [-0.39, 0.29) is 23.7 Å². The monoisotopic (exact) mass is 328 g/mol. The first-order chi connectivity index (χ1) is 8.32. The van der Waals surface area contributed by atoms with E-state index in [4.69, 9.17) is 46.4 Å². The summed E-state index contributed by atoms with van der Waals surface area (Å²) in [5, 5.41) is 21.0. The van der Waals surface area contributed by atoms with Gasteiger partial charge in [-0.2, -0.15) is 0 Å². The maximum atomic E-state index is 10.1. The van der Waals surface area contributed by atoms with Gasteiger partial charge in [0, 0.05) is 0 Å². The van der Waals surface area contributed by atoms with Crippen LogP contribution in [0.4, 0.5) is 0 Å². The van der Waals surface area contributed by atoms with E-state index in [0.29, 0.717) is 16.5 Å². The second kappa shape index (κ2) is 3.35. The molecule has 3 fully saturated rings. The number of fused-ring (bicyclic) bond motifs is 9. The molecule has 18 heavy (non-hydrogen) atoms. The van der Waals surface area contributed by atoms with Gasteiger partial charge in [0.25, 0.3) is 0 Å². The molecule has 0 unspecified atom stereocenters. The zero-order valence-corrected chi connectivity index (χ0v) is 12.3. The van der Waals surface area contributed by atoms with Gasteiger partial charge in [-0.3, -0.25) is 0 Å². The Balaban J connectivity index is 1.89. The Labute approximate surface area is 125 Å². The van der Waals surface area contributed by atoms with Crippen LogP contribution in [0.5, 0.6) is 0 Å². The molecule has 3 saturated carbocycles. The van der Waals surface area contributed by atoms with Gasteiger partial charge >= 0.3 is 0 Å². The summed E-state index contributed by atoms with van der Waals surface area (Å²) in [6.45, 7) is 0. The smallest absolute Gasteiger partial charge is 0.0868 e. The zero-order valence-electron chi connectivity index (χ0n) is 9.28. The summed E-state index contributed by atoms with van der Waals surface area (Å²) < 4.78 is 0. The van der Waals surface area contributed by atoms with Crippen molar-refractivity contribution < 1.29 is 10.2 Å². The van der Waals surface area contributed by atoms with Crippen LogP contribution in [0.1, 0.15) is 12.8 Å². The number of hydrogen-bond acceptors (Lipinski definition) is 2. The van der Waals surface area contributed by atoms with Crippen LogP contribution in [-0.4, -0.2) is 32.2 Å². The first-order valence-electron chi connectivity index (χ1n) is 6.12. The Kier molecular flexibility index (Phi) is 2.33. The summed E-state index contributed by atoms with van der Waals surface area (Å²) in [4.78, 5) is -1.49. The lowest BCUT2D eigenvalue weighted by atomic mass is 9.70. The topological polar surface area (TPSA) is 40.5 Å². The first-order valence-corrected chi connectivity index (χ1v) is 7.64. The van der Waals surface area contributed by atoms with Crippen molar-refractivity contribution in [3.8, 4) is 0 Å². The van der Waals surface area contributed by atoms with E-state index in [1.807, 2.05) is 0 Å². The number of allylic oxidation sites excluding steroid dienone is 2. The molecular weight excluding hydrogens is 318 g/mol. The highest BCUT2D eigenvalue weighted by atomic mass is 35.5. The van der Waals surface area contributed by atoms with Crippen molar-refractivity contribution in [3.05, 3.63) is 10.1 Å². The van der Waals surface area contributed by atoms with Gasteiger partial charge < -0.3 is 10.2 Å². The maximum absolute atomic E-state index is 10.1. The predicted octanol–water partition coefficient (Wildman–Crippen LogP) is 2.65. The van der Waals surface area contributed by atoms with E-state index < -0.39 is 22.0 Å². The molecule has 4 rings (SSSR count). The third kappa shape index (κ3) is 1.07. The Bertz CT molecular complexity index is 441. The van der Waals surface area contributed by atoms with Gasteiger partial charge in [-0.1, -0.05) is 23.2 Å². The molecule has 6 heteroatoms. The van der Waals surface area contributed by atoms with Gasteiger partial charge in [0.05, 0.1) is 32.0 Å². The van der Waals surface area contributed by atoms with Crippen LogP contribution in [-0.2, 0) is 0 Å². The van der Waals surface area contributed by atoms with Gasteiger partial charge in [0.1, 0.15) is 0 Å². The highest BCUT2D eigenvalue weighted by molar-refractivity contribution is 6.51. The Hall–Kier alpha value is 0.820. The van der Waals surface area contributed by atoms with Gasteiger partial charge in [0.2, 0.25) is 0 Å². The van der Waals surface area contributed by atoms with Gasteiger partial charge in [-0.15, -0.1) is 23.2 Å². The molecule has 4 aliphatic carbocycles.